The van der Waals surface area contributed by atoms with Gasteiger partial charge in [-0.25, -0.2) is 0 Å². The van der Waals surface area contributed by atoms with Crippen molar-refractivity contribution in [1.29, 1.82) is 0 Å². The van der Waals surface area contributed by atoms with Gasteiger partial charge in [0.1, 0.15) is 6.10 Å². The van der Waals surface area contributed by atoms with E-state index >= 15 is 0 Å². The largest absolute Gasteiger partial charge is 0.388 e. The molecule has 3 saturated carbocycles. The average molecular weight is 437 g/mol. The molecule has 0 radical (unpaired) electrons. The van der Waals surface area contributed by atoms with Crippen molar-refractivity contribution in [3.63, 3.8) is 0 Å². The van der Waals surface area contributed by atoms with E-state index in [9.17, 15) is 19.0 Å². The summed E-state index contributed by atoms with van der Waals surface area (Å²) in [6.45, 7) is 13.1. The second kappa shape index (κ2) is 9.47. The molecule has 3 rings (SSSR count). The normalized spacial score (nSPS) is 39.3. The quantitative estimate of drug-likeness (QED) is 0.479. The minimum atomic E-state index is -3.37. The Balaban J connectivity index is 1.79. The van der Waals surface area contributed by atoms with Gasteiger partial charge in [-0.15, -0.1) is 0 Å². The molecule has 0 aromatic heterocycles. The number of aliphatic hydroxyl groups excluding tert-OH is 2. The van der Waals surface area contributed by atoms with Crippen LogP contribution in [0.15, 0.2) is 35.5 Å². The Morgan fingerprint density at radius 1 is 1.13 bits per heavy atom. The molecule has 0 bridgehead atoms. The van der Waals surface area contributed by atoms with E-state index in [4.69, 9.17) is 0 Å². The third-order valence-electron chi connectivity index (χ3n) is 8.60. The van der Waals surface area contributed by atoms with Crippen molar-refractivity contribution in [3.05, 3.63) is 35.5 Å². The van der Waals surface area contributed by atoms with E-state index in [1.54, 1.807) is 0 Å². The average Bonchev–Trinajstić information content (AvgIpc) is 3.04. The van der Waals surface area contributed by atoms with Crippen LogP contribution in [0.25, 0.3) is 0 Å². The van der Waals surface area contributed by atoms with Crippen molar-refractivity contribution in [2.24, 2.45) is 29.1 Å². The van der Waals surface area contributed by atoms with Gasteiger partial charge in [0.2, 0.25) is 0 Å². The maximum Gasteiger partial charge on any atom is 0.298 e. The number of rotatable bonds is 6. The summed E-state index contributed by atoms with van der Waals surface area (Å²) in [5, 5.41) is 19.8. The van der Waals surface area contributed by atoms with Gasteiger partial charge in [-0.1, -0.05) is 71.3 Å². The molecule has 0 saturated heterocycles. The van der Waals surface area contributed by atoms with Crippen molar-refractivity contribution in [2.75, 3.05) is 0 Å². The molecule has 6 atom stereocenters. The lowest BCUT2D eigenvalue weighted by molar-refractivity contribution is -0.103. The standard InChI is InChI=1S/C27H42F2O2/c1-17(2)8-6-9-18(3)21-13-14-23-20(10-7-15-26(21,23)5)11-12-22-19(4)24(30)16-25(31)27(22,28)29/h11-12,17-18,21,23-25,30-31H,4,6-10,13-16H2,1-3,5H3/b20-11+,22-12+/t18-,21-,23+,24+,25+,26-/m1/s1. The smallest absolute Gasteiger partial charge is 0.298 e. The zero-order valence-electron chi connectivity index (χ0n) is 19.8. The Morgan fingerprint density at radius 3 is 2.52 bits per heavy atom. The molecule has 4 heteroatoms. The molecule has 0 spiro atoms. The highest BCUT2D eigenvalue weighted by atomic mass is 19.3. The van der Waals surface area contributed by atoms with Gasteiger partial charge in [-0.05, 0) is 66.8 Å². The van der Waals surface area contributed by atoms with Crippen LogP contribution in [0, 0.1) is 29.1 Å². The molecule has 0 unspecified atom stereocenters. The topological polar surface area (TPSA) is 40.5 Å². The van der Waals surface area contributed by atoms with Gasteiger partial charge < -0.3 is 10.2 Å². The lowest BCUT2D eigenvalue weighted by Gasteiger charge is -2.44. The maximum absolute atomic E-state index is 14.6. The highest BCUT2D eigenvalue weighted by Crippen LogP contribution is 2.60. The molecule has 3 aliphatic carbocycles. The Morgan fingerprint density at radius 2 is 1.84 bits per heavy atom. The first kappa shape index (κ1) is 24.6. The van der Waals surface area contributed by atoms with Gasteiger partial charge in [-0.3, -0.25) is 0 Å². The predicted octanol–water partition coefficient (Wildman–Crippen LogP) is 6.84. The molecule has 0 aliphatic heterocycles. The molecule has 2 nitrogen and oxygen atoms in total. The van der Waals surface area contributed by atoms with Gasteiger partial charge in [0.15, 0.2) is 0 Å². The van der Waals surface area contributed by atoms with Gasteiger partial charge in [0, 0.05) is 12.0 Å². The Labute approximate surface area is 187 Å². The maximum atomic E-state index is 14.6. The summed E-state index contributed by atoms with van der Waals surface area (Å²) in [6.07, 6.45) is 9.42. The van der Waals surface area contributed by atoms with Crippen LogP contribution in [0.1, 0.15) is 85.5 Å². The number of hydrogen-bond acceptors (Lipinski definition) is 2. The Bertz CT molecular complexity index is 723. The zero-order valence-corrected chi connectivity index (χ0v) is 19.8. The first-order chi connectivity index (χ1) is 14.5. The monoisotopic (exact) mass is 436 g/mol. The molecule has 0 aromatic rings. The van der Waals surface area contributed by atoms with E-state index < -0.39 is 18.1 Å². The molecule has 2 N–H and O–H groups in total. The van der Waals surface area contributed by atoms with E-state index in [2.05, 4.69) is 34.3 Å². The summed E-state index contributed by atoms with van der Waals surface area (Å²) in [5.41, 5.74) is 1.23. The van der Waals surface area contributed by atoms with Gasteiger partial charge in [0.25, 0.3) is 5.92 Å². The third-order valence-corrected chi connectivity index (χ3v) is 8.60. The summed E-state index contributed by atoms with van der Waals surface area (Å²) >= 11 is 0. The molecule has 3 aliphatic rings. The first-order valence-corrected chi connectivity index (χ1v) is 12.3. The summed E-state index contributed by atoms with van der Waals surface area (Å²) in [5.74, 6) is -0.791. The minimum absolute atomic E-state index is 0.0359. The van der Waals surface area contributed by atoms with Crippen molar-refractivity contribution in [3.8, 4) is 0 Å². The fourth-order valence-corrected chi connectivity index (χ4v) is 6.75. The molecule has 0 heterocycles. The van der Waals surface area contributed by atoms with Crippen molar-refractivity contribution in [1.82, 2.24) is 0 Å². The number of fused-ring (bicyclic) bond motifs is 1. The van der Waals surface area contributed by atoms with E-state index in [1.807, 2.05) is 6.08 Å². The van der Waals surface area contributed by atoms with E-state index in [0.717, 1.165) is 25.2 Å². The number of allylic oxidation sites excluding steroid dienone is 3. The molecule has 176 valence electrons. The SMILES string of the molecule is C=C1/C(=C\C=C2/CCC[C@]3(C)[C@@H]([C@H](C)CCCC(C)C)CC[C@@H]23)C(F)(F)[C@@H](O)C[C@@H]1O. The van der Waals surface area contributed by atoms with Crippen LogP contribution in [0.2, 0.25) is 0 Å². The van der Waals surface area contributed by atoms with Crippen LogP contribution in [0.5, 0.6) is 0 Å². The summed E-state index contributed by atoms with van der Waals surface area (Å²) < 4.78 is 29.2. The molecule has 0 aromatic carbocycles. The second-order valence-corrected chi connectivity index (χ2v) is 11.1. The molecule has 31 heavy (non-hydrogen) atoms. The predicted molar refractivity (Wildman–Crippen MR) is 123 cm³/mol. The van der Waals surface area contributed by atoms with Crippen LogP contribution in [-0.4, -0.2) is 28.3 Å². The summed E-state index contributed by atoms with van der Waals surface area (Å²) in [7, 11) is 0. The Hall–Kier alpha value is -1.00. The number of hydrogen-bond donors (Lipinski definition) is 2. The second-order valence-electron chi connectivity index (χ2n) is 11.1. The molecule has 3 fully saturated rings. The van der Waals surface area contributed by atoms with E-state index in [-0.39, 0.29) is 23.0 Å². The van der Waals surface area contributed by atoms with Crippen LogP contribution in [0.4, 0.5) is 8.78 Å². The van der Waals surface area contributed by atoms with E-state index in [1.165, 1.54) is 43.8 Å². The van der Waals surface area contributed by atoms with Crippen molar-refractivity contribution >= 4 is 0 Å². The fourth-order valence-electron chi connectivity index (χ4n) is 6.75. The minimum Gasteiger partial charge on any atom is -0.388 e. The summed E-state index contributed by atoms with van der Waals surface area (Å²) in [6, 6.07) is 0. The lowest BCUT2D eigenvalue weighted by Crippen LogP contribution is -2.44. The number of aliphatic hydroxyl groups is 2. The third kappa shape index (κ3) is 4.85. The van der Waals surface area contributed by atoms with Gasteiger partial charge in [-0.2, -0.15) is 8.78 Å². The number of halogens is 2. The van der Waals surface area contributed by atoms with Crippen LogP contribution in [0.3, 0.4) is 0 Å². The van der Waals surface area contributed by atoms with Crippen LogP contribution < -0.4 is 0 Å². The first-order valence-electron chi connectivity index (χ1n) is 12.3. The highest BCUT2D eigenvalue weighted by Gasteiger charge is 2.51. The van der Waals surface area contributed by atoms with Crippen molar-refractivity contribution in [2.45, 2.75) is 104 Å². The summed E-state index contributed by atoms with van der Waals surface area (Å²) in [4.78, 5) is 0. The zero-order chi connectivity index (χ0) is 23.0. The molecule has 0 amide bonds. The van der Waals surface area contributed by atoms with Crippen LogP contribution in [-0.2, 0) is 0 Å². The highest BCUT2D eigenvalue weighted by molar-refractivity contribution is 5.44. The van der Waals surface area contributed by atoms with Crippen LogP contribution >= 0.6 is 0 Å². The molecular formula is C27H42F2O2. The van der Waals surface area contributed by atoms with Gasteiger partial charge >= 0.3 is 0 Å². The molecular weight excluding hydrogens is 394 g/mol. The van der Waals surface area contributed by atoms with Crippen molar-refractivity contribution < 1.29 is 19.0 Å². The van der Waals surface area contributed by atoms with Gasteiger partial charge in [0.05, 0.1) is 6.10 Å². The lowest BCUT2D eigenvalue weighted by atomic mass is 9.60. The fraction of sp³-hybridized carbons (Fsp3) is 0.778. The van der Waals surface area contributed by atoms with E-state index in [0.29, 0.717) is 17.8 Å². The Kier molecular flexibility index (Phi) is 7.53. The number of alkyl halides is 2.